The van der Waals surface area contributed by atoms with E-state index in [1.54, 1.807) is 18.1 Å². The second-order valence-electron chi connectivity index (χ2n) is 6.50. The summed E-state index contributed by atoms with van der Waals surface area (Å²) < 4.78 is 10.3. The number of nitrogens with two attached hydrogens (primary N) is 1. The molecule has 2 rings (SSSR count). The summed E-state index contributed by atoms with van der Waals surface area (Å²) in [6.45, 7) is 1.26. The number of amides is 1. The van der Waals surface area contributed by atoms with Gasteiger partial charge >= 0.3 is 27.0 Å². The zero-order valence-corrected chi connectivity index (χ0v) is 20.4. The van der Waals surface area contributed by atoms with Crippen molar-refractivity contribution < 1.29 is 45.2 Å². The summed E-state index contributed by atoms with van der Waals surface area (Å²) in [7, 11) is 2.99. The number of aryl methyl sites for hydroxylation is 1. The maximum absolute atomic E-state index is 12.7. The monoisotopic (exact) mass is 602 g/mol. The Bertz CT molecular complexity index is 804. The maximum Gasteiger partial charge on any atom is 2.00 e. The van der Waals surface area contributed by atoms with Crippen LogP contribution in [0.5, 0.6) is 0 Å². The molecule has 0 aromatic carbocycles. The van der Waals surface area contributed by atoms with Gasteiger partial charge in [-0.15, -0.1) is 10.7 Å². The van der Waals surface area contributed by atoms with Crippen molar-refractivity contribution in [1.82, 2.24) is 20.4 Å². The first-order chi connectivity index (χ1) is 14.5. The van der Waals surface area contributed by atoms with Gasteiger partial charge in [0.1, 0.15) is 5.69 Å². The van der Waals surface area contributed by atoms with Gasteiger partial charge in [0, 0.05) is 20.2 Å². The Morgan fingerprint density at radius 2 is 2.19 bits per heavy atom. The molecule has 1 amide bonds. The first-order valence-corrected chi connectivity index (χ1v) is 9.45. The average molecular weight is 602 g/mol. The number of nitrogens with zero attached hydrogens (tertiary/aromatic N) is 4. The van der Waals surface area contributed by atoms with Crippen LogP contribution in [-0.2, 0) is 41.8 Å². The van der Waals surface area contributed by atoms with Crippen LogP contribution in [0.3, 0.4) is 0 Å². The summed E-state index contributed by atoms with van der Waals surface area (Å²) in [6.07, 6.45) is 7.29. The molecule has 11 nitrogen and oxygen atoms in total. The predicted molar refractivity (Wildman–Crippen MR) is 107 cm³/mol. The van der Waals surface area contributed by atoms with Crippen LogP contribution >= 0.6 is 0 Å². The van der Waals surface area contributed by atoms with Gasteiger partial charge in [-0.2, -0.15) is 5.10 Å². The van der Waals surface area contributed by atoms with Gasteiger partial charge < -0.3 is 41.7 Å². The van der Waals surface area contributed by atoms with Crippen molar-refractivity contribution in [1.29, 1.82) is 0 Å². The van der Waals surface area contributed by atoms with Crippen LogP contribution in [0.2, 0.25) is 0 Å². The molecule has 1 atom stereocenters. The number of methoxy groups -OCH3 is 2. The molecule has 1 aromatic rings. The van der Waals surface area contributed by atoms with Gasteiger partial charge in [0.25, 0.3) is 5.91 Å². The van der Waals surface area contributed by atoms with Crippen molar-refractivity contribution >= 4 is 18.1 Å². The number of carbonyl (C=O) groups excluding carboxylic acids is 1. The first-order valence-electron chi connectivity index (χ1n) is 9.45. The fourth-order valence-corrected chi connectivity index (χ4v) is 2.80. The van der Waals surface area contributed by atoms with E-state index in [0.29, 0.717) is 38.2 Å². The van der Waals surface area contributed by atoms with E-state index >= 15 is 0 Å². The van der Waals surface area contributed by atoms with E-state index in [1.165, 1.54) is 7.11 Å². The number of aromatic nitrogens is 2. The minimum absolute atomic E-state index is 0. The summed E-state index contributed by atoms with van der Waals surface area (Å²) >= 11 is 0. The number of ether oxygens (including phenoxy) is 2. The summed E-state index contributed by atoms with van der Waals surface area (Å²) in [5, 5.41) is 19.2. The molecule has 4 N–H and O–H groups in total. The number of rotatable bonds is 11. The topological polar surface area (TPSA) is 152 Å². The molecule has 1 unspecified atom stereocenters. The third-order valence-electron chi connectivity index (χ3n) is 4.40. The van der Waals surface area contributed by atoms with Crippen LogP contribution in [0.1, 0.15) is 34.6 Å². The number of carboxylic acids is 1. The van der Waals surface area contributed by atoms with Gasteiger partial charge in [-0.1, -0.05) is 24.6 Å². The van der Waals surface area contributed by atoms with Gasteiger partial charge in [0.05, 0.1) is 19.8 Å². The van der Waals surface area contributed by atoms with E-state index < -0.39 is 5.97 Å². The Morgan fingerprint density at radius 3 is 2.81 bits per heavy atom. The van der Waals surface area contributed by atoms with Crippen molar-refractivity contribution in [3.8, 4) is 0 Å². The summed E-state index contributed by atoms with van der Waals surface area (Å²) in [5.74, 6) is -1.26. The molecule has 1 aromatic heterocycles. The molecular formula is C19H26N6O5W. The van der Waals surface area contributed by atoms with Gasteiger partial charge in [-0.25, -0.2) is 0 Å². The molecular weight excluding hydrogens is 576 g/mol. The molecule has 1 aliphatic rings. The molecule has 31 heavy (non-hydrogen) atoms. The van der Waals surface area contributed by atoms with Gasteiger partial charge in [-0.3, -0.25) is 9.59 Å². The molecule has 12 heteroatoms. The molecule has 0 aliphatic carbocycles. The fourth-order valence-electron chi connectivity index (χ4n) is 2.80. The molecule has 0 spiro atoms. The number of likely N-dealkylation sites (tertiary alicyclic amines) is 1. The number of aliphatic imine (C=N–C) groups is 1. The summed E-state index contributed by atoms with van der Waals surface area (Å²) in [4.78, 5) is 29.0. The number of nitrogens with one attached hydrogen (secondary N) is 1. The summed E-state index contributed by atoms with van der Waals surface area (Å²) in [6, 6.07) is 1.67. The van der Waals surface area contributed by atoms with E-state index in [1.807, 2.05) is 0 Å². The normalized spacial score (nSPS) is 16.3. The van der Waals surface area contributed by atoms with Crippen LogP contribution in [0.4, 0.5) is 0 Å². The Labute approximate surface area is 195 Å². The molecule has 1 aliphatic heterocycles. The first kappa shape index (κ1) is 26.7. The van der Waals surface area contributed by atoms with E-state index in [4.69, 9.17) is 20.3 Å². The standard InChI is InChI=1S/C19H26N6O5.W/c1-29-14-5-7-25(12-14)19(28)15-8-13(4-3-6-20)16(24-23-15)9-22-17(30-2)10-21-11-18(26)27;/h8,14,21H,3-7,11-12,20H2,1-2H3,(H,26,27);/q-2;+2. The van der Waals surface area contributed by atoms with E-state index in [-0.39, 0.29) is 51.2 Å². The fraction of sp³-hybridized carbons (Fsp3) is 0.526. The van der Waals surface area contributed by atoms with E-state index in [0.717, 1.165) is 12.0 Å². The SMILES string of the molecule is COC(=[C-]NCC(=O)O)N=[C-]c1nnc(C(=O)N2CCC(OC)C2)cc1CCCN.[W+2]. The van der Waals surface area contributed by atoms with Gasteiger partial charge in [0.2, 0.25) is 0 Å². The van der Waals surface area contributed by atoms with Crippen molar-refractivity contribution in [2.24, 2.45) is 10.7 Å². The third kappa shape index (κ3) is 8.35. The molecule has 0 saturated carbocycles. The van der Waals surface area contributed by atoms with Crippen LogP contribution in [0.25, 0.3) is 0 Å². The average Bonchev–Trinajstić information content (AvgIpc) is 3.23. The number of hydrogen-bond donors (Lipinski definition) is 3. The van der Waals surface area contributed by atoms with Crippen molar-refractivity contribution in [2.75, 3.05) is 40.4 Å². The predicted octanol–water partition coefficient (Wildman–Crippen LogP) is -0.555. The minimum Gasteiger partial charge on any atom is -0.570 e. The van der Waals surface area contributed by atoms with Crippen molar-refractivity contribution in [3.05, 3.63) is 35.1 Å². The molecule has 1 fully saturated rings. The van der Waals surface area contributed by atoms with Crippen molar-refractivity contribution in [3.63, 3.8) is 0 Å². The Kier molecular flexibility index (Phi) is 11.9. The van der Waals surface area contributed by atoms with E-state index in [2.05, 4.69) is 32.9 Å². The second kappa shape index (κ2) is 13.8. The van der Waals surface area contributed by atoms with Crippen molar-refractivity contribution in [2.45, 2.75) is 25.4 Å². The molecule has 0 bridgehead atoms. The molecule has 1 saturated heterocycles. The van der Waals surface area contributed by atoms with E-state index in [9.17, 15) is 9.59 Å². The molecule has 168 valence electrons. The van der Waals surface area contributed by atoms with Crippen LogP contribution in [-0.4, -0.2) is 84.8 Å². The maximum atomic E-state index is 12.7. The number of carboxylic acid groups (broad SMARTS) is 1. The quantitative estimate of drug-likeness (QED) is 0.131. The largest absolute Gasteiger partial charge is 2.00 e. The number of carbonyl (C=O) groups is 2. The zero-order chi connectivity index (χ0) is 21.9. The molecule has 2 heterocycles. The van der Waals surface area contributed by atoms with Crippen LogP contribution in [0, 0.1) is 6.20 Å². The second-order valence-corrected chi connectivity index (χ2v) is 6.50. The Hall–Kier alpha value is -2.36. The molecule has 0 radical (unpaired) electrons. The third-order valence-corrected chi connectivity index (χ3v) is 4.40. The Balaban J connectivity index is 0.00000480. The van der Waals surface area contributed by atoms with Crippen LogP contribution < -0.4 is 11.1 Å². The van der Waals surface area contributed by atoms with Gasteiger partial charge in [-0.05, 0) is 25.1 Å². The Morgan fingerprint density at radius 1 is 1.42 bits per heavy atom. The summed E-state index contributed by atoms with van der Waals surface area (Å²) in [5.41, 5.74) is 6.92. The number of hydrogen-bond acceptors (Lipinski definition) is 9. The minimum atomic E-state index is -1.05. The number of aliphatic carboxylic acids is 1. The van der Waals surface area contributed by atoms with Gasteiger partial charge in [0.15, 0.2) is 0 Å². The van der Waals surface area contributed by atoms with Crippen LogP contribution in [0.15, 0.2) is 16.9 Å². The smallest absolute Gasteiger partial charge is 0.570 e. The zero-order valence-electron chi connectivity index (χ0n) is 17.5.